The molecule has 1 aromatic heterocycles. The number of nitrogen functional groups attached to an aromatic ring is 1. The quantitative estimate of drug-likeness (QED) is 0.725. The molecule has 4 N–H and O–H groups in total. The highest BCUT2D eigenvalue weighted by Crippen LogP contribution is 2.17. The van der Waals surface area contributed by atoms with E-state index in [1.54, 1.807) is 11.8 Å². The highest BCUT2D eigenvalue weighted by molar-refractivity contribution is 7.98. The molecule has 1 aromatic carbocycles. The predicted molar refractivity (Wildman–Crippen MR) is 69.2 cm³/mol. The van der Waals surface area contributed by atoms with Crippen LogP contribution in [0.5, 0.6) is 0 Å². The Kier molecular flexibility index (Phi) is 3.34. The van der Waals surface area contributed by atoms with Gasteiger partial charge in [-0.1, -0.05) is 0 Å². The Labute approximate surface area is 103 Å². The van der Waals surface area contributed by atoms with Crippen molar-refractivity contribution in [2.75, 3.05) is 17.3 Å². The molecule has 88 valence electrons. The minimum Gasteiger partial charge on any atom is -0.382 e. The third-order valence-corrected chi connectivity index (χ3v) is 2.93. The SMILES string of the molecule is CSc1ccc(NC(=O)c2cc(N)n[nH]2)cc1. The Hall–Kier alpha value is -1.95. The highest BCUT2D eigenvalue weighted by Gasteiger charge is 2.08. The Morgan fingerprint density at radius 1 is 1.41 bits per heavy atom. The molecule has 1 heterocycles. The van der Waals surface area contributed by atoms with Crippen LogP contribution in [0, 0.1) is 0 Å². The molecule has 0 saturated carbocycles. The van der Waals surface area contributed by atoms with E-state index in [1.165, 1.54) is 6.07 Å². The number of aromatic nitrogens is 2. The van der Waals surface area contributed by atoms with Gasteiger partial charge in [-0.3, -0.25) is 9.89 Å². The number of hydrogen-bond acceptors (Lipinski definition) is 4. The lowest BCUT2D eigenvalue weighted by molar-refractivity contribution is 0.102. The third-order valence-electron chi connectivity index (χ3n) is 2.19. The summed E-state index contributed by atoms with van der Waals surface area (Å²) in [5, 5.41) is 9.00. The van der Waals surface area contributed by atoms with Crippen LogP contribution in [-0.2, 0) is 0 Å². The number of thioether (sulfide) groups is 1. The fourth-order valence-electron chi connectivity index (χ4n) is 1.33. The number of benzene rings is 1. The molecule has 1 amide bonds. The molecule has 2 aromatic rings. The molecule has 0 bridgehead atoms. The van der Waals surface area contributed by atoms with Crippen molar-refractivity contribution in [2.45, 2.75) is 4.90 Å². The van der Waals surface area contributed by atoms with Crippen LogP contribution >= 0.6 is 11.8 Å². The van der Waals surface area contributed by atoms with Crippen LogP contribution < -0.4 is 11.1 Å². The van der Waals surface area contributed by atoms with Crippen molar-refractivity contribution >= 4 is 29.2 Å². The Morgan fingerprint density at radius 2 is 2.12 bits per heavy atom. The summed E-state index contributed by atoms with van der Waals surface area (Å²) in [6, 6.07) is 9.09. The van der Waals surface area contributed by atoms with E-state index in [0.29, 0.717) is 11.5 Å². The van der Waals surface area contributed by atoms with Gasteiger partial charge in [-0.05, 0) is 30.5 Å². The number of H-pyrrole nitrogens is 1. The number of carbonyl (C=O) groups excluding carboxylic acids is 1. The molecule has 17 heavy (non-hydrogen) atoms. The Bertz CT molecular complexity index is 521. The molecular formula is C11H12N4OS. The molecule has 2 rings (SSSR count). The number of nitrogens with zero attached hydrogens (tertiary/aromatic N) is 1. The van der Waals surface area contributed by atoms with Gasteiger partial charge < -0.3 is 11.1 Å². The zero-order valence-corrected chi connectivity index (χ0v) is 10.0. The van der Waals surface area contributed by atoms with Gasteiger partial charge in [-0.2, -0.15) is 5.10 Å². The standard InChI is InChI=1S/C11H12N4OS/c1-17-8-4-2-7(3-5-8)13-11(16)9-6-10(12)15-14-9/h2-6H,1H3,(H,13,16)(H3,12,14,15). The minimum atomic E-state index is -0.258. The van der Waals surface area contributed by atoms with Gasteiger partial charge in [0.15, 0.2) is 0 Å². The average Bonchev–Trinajstić information content (AvgIpc) is 2.77. The van der Waals surface area contributed by atoms with E-state index in [0.717, 1.165) is 10.6 Å². The van der Waals surface area contributed by atoms with Gasteiger partial charge in [0.05, 0.1) is 0 Å². The van der Waals surface area contributed by atoms with Gasteiger partial charge in [-0.15, -0.1) is 11.8 Å². The molecule has 0 radical (unpaired) electrons. The summed E-state index contributed by atoms with van der Waals surface area (Å²) in [7, 11) is 0. The number of hydrogen-bond donors (Lipinski definition) is 3. The van der Waals surface area contributed by atoms with Crippen molar-refractivity contribution in [1.82, 2.24) is 10.2 Å². The van der Waals surface area contributed by atoms with E-state index in [2.05, 4.69) is 15.5 Å². The summed E-state index contributed by atoms with van der Waals surface area (Å²) >= 11 is 1.65. The summed E-state index contributed by atoms with van der Waals surface area (Å²) < 4.78 is 0. The first-order chi connectivity index (χ1) is 8.19. The summed E-state index contributed by atoms with van der Waals surface area (Å²) in [6.45, 7) is 0. The zero-order valence-electron chi connectivity index (χ0n) is 9.23. The molecule has 6 heteroatoms. The molecule has 5 nitrogen and oxygen atoms in total. The molecule has 0 unspecified atom stereocenters. The van der Waals surface area contributed by atoms with E-state index in [1.807, 2.05) is 30.5 Å². The van der Waals surface area contributed by atoms with Crippen LogP contribution in [0.15, 0.2) is 35.2 Å². The van der Waals surface area contributed by atoms with Gasteiger partial charge in [0, 0.05) is 16.6 Å². The van der Waals surface area contributed by atoms with Crippen molar-refractivity contribution in [1.29, 1.82) is 0 Å². The second-order valence-corrected chi connectivity index (χ2v) is 4.27. The van der Waals surface area contributed by atoms with E-state index in [-0.39, 0.29) is 5.91 Å². The normalized spacial score (nSPS) is 10.2. The van der Waals surface area contributed by atoms with Crippen LogP contribution in [-0.4, -0.2) is 22.4 Å². The molecular weight excluding hydrogens is 236 g/mol. The second-order valence-electron chi connectivity index (χ2n) is 3.39. The van der Waals surface area contributed by atoms with Gasteiger partial charge in [0.2, 0.25) is 0 Å². The fraction of sp³-hybridized carbons (Fsp3) is 0.0909. The highest BCUT2D eigenvalue weighted by atomic mass is 32.2. The van der Waals surface area contributed by atoms with Gasteiger partial charge in [0.1, 0.15) is 11.5 Å². The lowest BCUT2D eigenvalue weighted by Gasteiger charge is -2.03. The zero-order chi connectivity index (χ0) is 12.3. The maximum Gasteiger partial charge on any atom is 0.273 e. The lowest BCUT2D eigenvalue weighted by atomic mass is 10.3. The van der Waals surface area contributed by atoms with E-state index >= 15 is 0 Å². The summed E-state index contributed by atoms with van der Waals surface area (Å²) in [6.07, 6.45) is 2.00. The lowest BCUT2D eigenvalue weighted by Crippen LogP contribution is -2.12. The Balaban J connectivity index is 2.07. The number of nitrogens with one attached hydrogen (secondary N) is 2. The first-order valence-electron chi connectivity index (χ1n) is 4.95. The van der Waals surface area contributed by atoms with Crippen LogP contribution in [0.25, 0.3) is 0 Å². The first kappa shape index (κ1) is 11.5. The number of amides is 1. The minimum absolute atomic E-state index is 0.258. The first-order valence-corrected chi connectivity index (χ1v) is 6.18. The van der Waals surface area contributed by atoms with Gasteiger partial charge in [-0.25, -0.2) is 0 Å². The molecule has 0 aliphatic rings. The Morgan fingerprint density at radius 3 is 2.65 bits per heavy atom. The smallest absolute Gasteiger partial charge is 0.273 e. The van der Waals surface area contributed by atoms with Crippen molar-refractivity contribution in [2.24, 2.45) is 0 Å². The van der Waals surface area contributed by atoms with E-state index < -0.39 is 0 Å². The second kappa shape index (κ2) is 4.92. The topological polar surface area (TPSA) is 83.8 Å². The van der Waals surface area contributed by atoms with E-state index in [4.69, 9.17) is 5.73 Å². The predicted octanol–water partition coefficient (Wildman–Crippen LogP) is 1.97. The summed E-state index contributed by atoms with van der Waals surface area (Å²) in [5.74, 6) is 0.0407. The number of rotatable bonds is 3. The van der Waals surface area contributed by atoms with Crippen molar-refractivity contribution in [3.05, 3.63) is 36.0 Å². The molecule has 0 aliphatic carbocycles. The van der Waals surface area contributed by atoms with Crippen molar-refractivity contribution < 1.29 is 4.79 Å². The van der Waals surface area contributed by atoms with Gasteiger partial charge in [0.25, 0.3) is 5.91 Å². The van der Waals surface area contributed by atoms with Crippen LogP contribution in [0.1, 0.15) is 10.5 Å². The molecule has 0 atom stereocenters. The molecule has 0 fully saturated rings. The maximum absolute atomic E-state index is 11.7. The number of aromatic amines is 1. The van der Waals surface area contributed by atoms with Crippen LogP contribution in [0.4, 0.5) is 11.5 Å². The van der Waals surface area contributed by atoms with Crippen molar-refractivity contribution in [3.63, 3.8) is 0 Å². The maximum atomic E-state index is 11.7. The average molecular weight is 248 g/mol. The van der Waals surface area contributed by atoms with Gasteiger partial charge >= 0.3 is 0 Å². The van der Waals surface area contributed by atoms with Crippen LogP contribution in [0.3, 0.4) is 0 Å². The van der Waals surface area contributed by atoms with Crippen LogP contribution in [0.2, 0.25) is 0 Å². The van der Waals surface area contributed by atoms with E-state index in [9.17, 15) is 4.79 Å². The number of carbonyl (C=O) groups is 1. The number of nitrogens with two attached hydrogens (primary N) is 1. The van der Waals surface area contributed by atoms with Crippen molar-refractivity contribution in [3.8, 4) is 0 Å². The largest absolute Gasteiger partial charge is 0.382 e. The molecule has 0 saturated heterocycles. The molecule has 0 aliphatic heterocycles. The molecule has 0 spiro atoms. The monoisotopic (exact) mass is 248 g/mol. The number of anilines is 2. The fourth-order valence-corrected chi connectivity index (χ4v) is 1.73. The summed E-state index contributed by atoms with van der Waals surface area (Å²) in [4.78, 5) is 12.9. The third kappa shape index (κ3) is 2.79. The summed E-state index contributed by atoms with van der Waals surface area (Å²) in [5.41, 5.74) is 6.50.